The molecule has 0 bridgehead atoms. The van der Waals surface area contributed by atoms with Crippen LogP contribution in [0.25, 0.3) is 11.5 Å². The number of aromatic nitrogens is 5. The normalized spacial score (nSPS) is 11.0. The van der Waals surface area contributed by atoms with E-state index in [0.717, 1.165) is 5.69 Å². The fourth-order valence-electron chi connectivity index (χ4n) is 2.44. The Kier molecular flexibility index (Phi) is 5.54. The highest BCUT2D eigenvalue weighted by Crippen LogP contribution is 2.38. The third-order valence-electron chi connectivity index (χ3n) is 3.64. The van der Waals surface area contributed by atoms with Crippen LogP contribution >= 0.6 is 12.2 Å². The minimum absolute atomic E-state index is 0.197. The molecule has 0 atom stereocenters. The summed E-state index contributed by atoms with van der Waals surface area (Å²) in [5.74, 6) is 0.829. The number of esters is 1. The highest BCUT2D eigenvalue weighted by atomic mass is 32.1. The van der Waals surface area contributed by atoms with Crippen molar-refractivity contribution in [2.24, 2.45) is 5.10 Å². The number of nitrogens with one attached hydrogen (secondary N) is 2. The second-order valence-corrected chi connectivity index (χ2v) is 6.08. The van der Waals surface area contributed by atoms with Gasteiger partial charge < -0.3 is 14.2 Å². The van der Waals surface area contributed by atoms with E-state index >= 15 is 0 Å². The van der Waals surface area contributed by atoms with Gasteiger partial charge in [-0.2, -0.15) is 20.0 Å². The predicted octanol–water partition coefficient (Wildman–Crippen LogP) is 2.46. The van der Waals surface area contributed by atoms with Gasteiger partial charge in [0, 0.05) is 18.2 Å². The predicted molar refractivity (Wildman–Crippen MR) is 104 cm³/mol. The number of aryl methyl sites for hydroxylation is 1. The maximum atomic E-state index is 11.3. The summed E-state index contributed by atoms with van der Waals surface area (Å²) >= 11 is 5.25. The number of H-pyrrole nitrogens is 2. The zero-order chi connectivity index (χ0) is 20.3. The first-order valence-electron chi connectivity index (χ1n) is 8.11. The molecule has 0 aliphatic heterocycles. The number of hydrogen-bond donors (Lipinski definition) is 2. The van der Waals surface area contributed by atoms with Gasteiger partial charge in [-0.25, -0.2) is 5.10 Å². The Balaban J connectivity index is 2.01. The van der Waals surface area contributed by atoms with E-state index in [1.807, 2.05) is 13.0 Å². The number of nitrogens with zero attached hydrogens (tertiary/aromatic N) is 4. The standard InChI is InChI=1S/C17H18N6O4S/c1-9-5-12(20-19-9)16-21-22-17(28)23(16)18-8-11-6-13(25-3)15(27-10(2)24)14(7-11)26-4/h5-8H,1-4H3,(H,19,20)(H,22,28)/b18-8-. The first-order valence-corrected chi connectivity index (χ1v) is 8.52. The summed E-state index contributed by atoms with van der Waals surface area (Å²) in [7, 11) is 2.93. The largest absolute Gasteiger partial charge is 0.493 e. The molecule has 28 heavy (non-hydrogen) atoms. The SMILES string of the molecule is COc1cc(/C=N\n2c(-c3cc(C)[nH]n3)n[nH]c2=S)cc(OC)c1OC(C)=O. The van der Waals surface area contributed by atoms with Gasteiger partial charge in [0.05, 0.1) is 20.4 Å². The van der Waals surface area contributed by atoms with Crippen LogP contribution in [0.3, 0.4) is 0 Å². The third kappa shape index (κ3) is 3.93. The Hall–Kier alpha value is -3.47. The Morgan fingerprint density at radius 3 is 2.39 bits per heavy atom. The van der Waals surface area contributed by atoms with Gasteiger partial charge >= 0.3 is 5.97 Å². The zero-order valence-electron chi connectivity index (χ0n) is 15.6. The summed E-state index contributed by atoms with van der Waals surface area (Å²) in [6.07, 6.45) is 1.55. The van der Waals surface area contributed by atoms with Crippen molar-refractivity contribution < 1.29 is 19.0 Å². The van der Waals surface area contributed by atoms with Crippen LogP contribution in [0.1, 0.15) is 18.2 Å². The minimum Gasteiger partial charge on any atom is -0.493 e. The van der Waals surface area contributed by atoms with Crippen LogP contribution in [-0.2, 0) is 4.79 Å². The molecular weight excluding hydrogens is 384 g/mol. The molecule has 2 N–H and O–H groups in total. The maximum Gasteiger partial charge on any atom is 0.308 e. The first-order chi connectivity index (χ1) is 13.4. The molecule has 146 valence electrons. The van der Waals surface area contributed by atoms with Crippen LogP contribution in [-0.4, -0.2) is 51.5 Å². The van der Waals surface area contributed by atoms with Crippen molar-refractivity contribution in [2.45, 2.75) is 13.8 Å². The fraction of sp³-hybridized carbons (Fsp3) is 0.235. The van der Waals surface area contributed by atoms with E-state index in [4.69, 9.17) is 26.4 Å². The minimum atomic E-state index is -0.485. The van der Waals surface area contributed by atoms with Gasteiger partial charge in [0.25, 0.3) is 0 Å². The summed E-state index contributed by atoms with van der Waals surface area (Å²) < 4.78 is 17.6. The topological polar surface area (TPSA) is 119 Å². The van der Waals surface area contributed by atoms with Crippen LogP contribution in [0, 0.1) is 11.7 Å². The highest BCUT2D eigenvalue weighted by molar-refractivity contribution is 7.71. The van der Waals surface area contributed by atoms with Crippen LogP contribution in [0.5, 0.6) is 17.2 Å². The average Bonchev–Trinajstić information content (AvgIpc) is 3.25. The van der Waals surface area contributed by atoms with Crippen molar-refractivity contribution in [3.63, 3.8) is 0 Å². The number of benzene rings is 1. The molecule has 0 aliphatic rings. The molecule has 2 heterocycles. The first kappa shape index (κ1) is 19.3. The molecule has 0 saturated heterocycles. The van der Waals surface area contributed by atoms with Gasteiger partial charge in [-0.15, -0.1) is 0 Å². The fourth-order valence-corrected chi connectivity index (χ4v) is 2.62. The average molecular weight is 402 g/mol. The van der Waals surface area contributed by atoms with Crippen molar-refractivity contribution in [3.8, 4) is 28.8 Å². The summed E-state index contributed by atoms with van der Waals surface area (Å²) in [6.45, 7) is 3.18. The number of ether oxygens (including phenoxy) is 3. The molecular formula is C17H18N6O4S. The number of methoxy groups -OCH3 is 2. The molecule has 0 amide bonds. The molecule has 1 aromatic carbocycles. The second-order valence-electron chi connectivity index (χ2n) is 5.69. The number of rotatable bonds is 6. The lowest BCUT2D eigenvalue weighted by Crippen LogP contribution is -2.05. The Bertz CT molecular complexity index is 1070. The molecule has 0 spiro atoms. The molecule has 0 unspecified atom stereocenters. The van der Waals surface area contributed by atoms with Gasteiger partial charge in [0.15, 0.2) is 11.5 Å². The van der Waals surface area contributed by atoms with E-state index in [1.54, 1.807) is 18.3 Å². The smallest absolute Gasteiger partial charge is 0.308 e. The summed E-state index contributed by atoms with van der Waals surface area (Å²) in [5.41, 5.74) is 2.12. The molecule has 3 aromatic rings. The van der Waals surface area contributed by atoms with E-state index in [1.165, 1.54) is 25.8 Å². The van der Waals surface area contributed by atoms with Gasteiger partial charge in [-0.05, 0) is 37.3 Å². The van der Waals surface area contributed by atoms with E-state index in [9.17, 15) is 4.79 Å². The lowest BCUT2D eigenvalue weighted by molar-refractivity contribution is -0.132. The van der Waals surface area contributed by atoms with E-state index < -0.39 is 5.97 Å². The van der Waals surface area contributed by atoms with Crippen molar-refractivity contribution in [1.29, 1.82) is 0 Å². The monoisotopic (exact) mass is 402 g/mol. The number of carbonyl (C=O) groups is 1. The number of aromatic amines is 2. The van der Waals surface area contributed by atoms with Crippen molar-refractivity contribution >= 4 is 24.4 Å². The van der Waals surface area contributed by atoms with Gasteiger partial charge in [0.2, 0.25) is 16.3 Å². The molecule has 0 fully saturated rings. The lowest BCUT2D eigenvalue weighted by atomic mass is 10.2. The van der Waals surface area contributed by atoms with Crippen molar-refractivity contribution in [1.82, 2.24) is 25.1 Å². The van der Waals surface area contributed by atoms with Crippen LogP contribution in [0.2, 0.25) is 0 Å². The number of carbonyl (C=O) groups excluding carboxylic acids is 1. The molecule has 11 heteroatoms. The molecule has 10 nitrogen and oxygen atoms in total. The zero-order valence-corrected chi connectivity index (χ0v) is 16.5. The molecule has 0 saturated carbocycles. The Morgan fingerprint density at radius 1 is 1.18 bits per heavy atom. The summed E-state index contributed by atoms with van der Waals surface area (Å²) in [4.78, 5) is 11.3. The van der Waals surface area contributed by atoms with Gasteiger partial charge in [-0.3, -0.25) is 9.89 Å². The summed E-state index contributed by atoms with van der Waals surface area (Å²) in [6, 6.07) is 5.15. The molecule has 0 aliphatic carbocycles. The van der Waals surface area contributed by atoms with Crippen LogP contribution < -0.4 is 14.2 Å². The Morgan fingerprint density at radius 2 is 1.86 bits per heavy atom. The molecule has 3 rings (SSSR count). The molecule has 2 aromatic heterocycles. The molecule has 0 radical (unpaired) electrons. The van der Waals surface area contributed by atoms with Gasteiger partial charge in [-0.1, -0.05) is 0 Å². The quantitative estimate of drug-likeness (QED) is 0.281. The maximum absolute atomic E-state index is 11.3. The summed E-state index contributed by atoms with van der Waals surface area (Å²) in [5, 5.41) is 18.3. The van der Waals surface area contributed by atoms with E-state index in [2.05, 4.69) is 25.5 Å². The Labute approximate surface area is 165 Å². The second kappa shape index (κ2) is 8.05. The van der Waals surface area contributed by atoms with Crippen LogP contribution in [0.15, 0.2) is 23.3 Å². The van der Waals surface area contributed by atoms with Crippen molar-refractivity contribution in [3.05, 3.63) is 34.2 Å². The number of hydrogen-bond acceptors (Lipinski definition) is 8. The van der Waals surface area contributed by atoms with Crippen molar-refractivity contribution in [2.75, 3.05) is 14.2 Å². The van der Waals surface area contributed by atoms with E-state index in [0.29, 0.717) is 33.4 Å². The third-order valence-corrected chi connectivity index (χ3v) is 3.90. The van der Waals surface area contributed by atoms with E-state index in [-0.39, 0.29) is 5.75 Å². The lowest BCUT2D eigenvalue weighted by Gasteiger charge is -2.13. The van der Waals surface area contributed by atoms with Crippen LogP contribution in [0.4, 0.5) is 0 Å². The van der Waals surface area contributed by atoms with Gasteiger partial charge in [0.1, 0.15) is 5.69 Å². The highest BCUT2D eigenvalue weighted by Gasteiger charge is 2.16.